The van der Waals surface area contributed by atoms with Crippen molar-refractivity contribution in [2.75, 3.05) is 26.3 Å². The Bertz CT molecular complexity index is 567. The van der Waals surface area contributed by atoms with Gasteiger partial charge in [-0.25, -0.2) is 0 Å². The smallest absolute Gasteiger partial charge is 0.323 e. The minimum Gasteiger partial charge on any atom is -0.486 e. The van der Waals surface area contributed by atoms with E-state index in [-0.39, 0.29) is 12.5 Å². The molecule has 0 saturated heterocycles. The molecule has 0 spiro atoms. The number of fused-ring (bicyclic) bond motifs is 1. The highest BCUT2D eigenvalue weighted by Crippen LogP contribution is 2.31. The Morgan fingerprint density at radius 3 is 2.67 bits per heavy atom. The minimum absolute atomic E-state index is 0.305. The monoisotopic (exact) mass is 291 g/mol. The molecule has 0 radical (unpaired) electrons. The van der Waals surface area contributed by atoms with E-state index >= 15 is 0 Å². The van der Waals surface area contributed by atoms with Crippen molar-refractivity contribution in [2.45, 2.75) is 6.92 Å². The predicted octanol–water partition coefficient (Wildman–Crippen LogP) is 1.40. The molecule has 0 atom stereocenters. The van der Waals surface area contributed by atoms with E-state index in [1.54, 1.807) is 25.1 Å². The van der Waals surface area contributed by atoms with Crippen molar-refractivity contribution in [1.29, 1.82) is 0 Å². The molecule has 6 nitrogen and oxygen atoms in total. The van der Waals surface area contributed by atoms with E-state index in [0.29, 0.717) is 31.3 Å². The summed E-state index contributed by atoms with van der Waals surface area (Å²) in [7, 11) is 0. The molecular weight excluding hydrogens is 274 g/mol. The lowest BCUT2D eigenvalue weighted by Crippen LogP contribution is -2.34. The van der Waals surface area contributed by atoms with Gasteiger partial charge < -0.3 is 19.5 Å². The van der Waals surface area contributed by atoms with Crippen molar-refractivity contribution in [3.63, 3.8) is 0 Å². The molecule has 1 aliphatic heterocycles. The number of carboxylic acids is 1. The topological polar surface area (TPSA) is 76.1 Å². The Morgan fingerprint density at radius 2 is 2.00 bits per heavy atom. The number of nitrogens with zero attached hydrogens (tertiary/aromatic N) is 1. The third-order valence-electron chi connectivity index (χ3n) is 3.00. The first kappa shape index (κ1) is 14.9. The van der Waals surface area contributed by atoms with Crippen LogP contribution in [0.2, 0.25) is 0 Å². The van der Waals surface area contributed by atoms with E-state index in [2.05, 4.69) is 0 Å². The van der Waals surface area contributed by atoms with Crippen LogP contribution in [0.4, 0.5) is 0 Å². The van der Waals surface area contributed by atoms with Crippen LogP contribution in [-0.4, -0.2) is 48.2 Å². The number of benzene rings is 1. The number of hydrogen-bond acceptors (Lipinski definition) is 4. The summed E-state index contributed by atoms with van der Waals surface area (Å²) in [4.78, 5) is 23.8. The van der Waals surface area contributed by atoms with Crippen LogP contribution in [0.15, 0.2) is 24.3 Å². The van der Waals surface area contributed by atoms with E-state index < -0.39 is 5.97 Å². The summed E-state index contributed by atoms with van der Waals surface area (Å²) in [6, 6.07) is 5.38. The van der Waals surface area contributed by atoms with Crippen LogP contribution >= 0.6 is 0 Å². The minimum atomic E-state index is -1.03. The van der Waals surface area contributed by atoms with Gasteiger partial charge in [0.25, 0.3) is 0 Å². The number of carbonyl (C=O) groups excluding carboxylic acids is 1. The fourth-order valence-corrected chi connectivity index (χ4v) is 1.95. The fraction of sp³-hybridized carbons (Fsp3) is 0.333. The average Bonchev–Trinajstić information content (AvgIpc) is 2.49. The van der Waals surface area contributed by atoms with E-state index in [1.165, 1.54) is 11.0 Å². The molecule has 0 bridgehead atoms. The third-order valence-corrected chi connectivity index (χ3v) is 3.00. The van der Waals surface area contributed by atoms with Crippen molar-refractivity contribution in [1.82, 2.24) is 4.90 Å². The maximum Gasteiger partial charge on any atom is 0.323 e. The van der Waals surface area contributed by atoms with Gasteiger partial charge in [-0.3, -0.25) is 9.59 Å². The second-order valence-electron chi connectivity index (χ2n) is 4.48. The second-order valence-corrected chi connectivity index (χ2v) is 4.48. The van der Waals surface area contributed by atoms with Gasteiger partial charge in [-0.05, 0) is 30.7 Å². The molecule has 112 valence electrons. The van der Waals surface area contributed by atoms with E-state index in [1.807, 2.05) is 6.07 Å². The van der Waals surface area contributed by atoms with Crippen LogP contribution in [0.5, 0.6) is 11.5 Å². The number of likely N-dealkylation sites (N-methyl/N-ethyl adjacent to an activating group) is 1. The zero-order valence-corrected chi connectivity index (χ0v) is 11.7. The van der Waals surface area contributed by atoms with Gasteiger partial charge in [0.05, 0.1) is 0 Å². The molecule has 21 heavy (non-hydrogen) atoms. The van der Waals surface area contributed by atoms with Gasteiger partial charge in [-0.2, -0.15) is 0 Å². The van der Waals surface area contributed by atoms with E-state index in [9.17, 15) is 9.59 Å². The Labute approximate surface area is 122 Å². The summed E-state index contributed by atoms with van der Waals surface area (Å²) in [5.41, 5.74) is 0.791. The maximum absolute atomic E-state index is 11.9. The lowest BCUT2D eigenvalue weighted by atomic mass is 10.1. The molecule has 0 fully saturated rings. The molecule has 0 unspecified atom stereocenters. The van der Waals surface area contributed by atoms with Crippen molar-refractivity contribution in [2.24, 2.45) is 0 Å². The van der Waals surface area contributed by atoms with Gasteiger partial charge in [-0.15, -0.1) is 0 Å². The molecule has 1 aromatic rings. The standard InChI is InChI=1S/C15H17NO5/c1-2-16(10-15(18)19)14(17)6-4-11-3-5-12-13(9-11)21-8-7-20-12/h3-6,9H,2,7-8,10H2,1H3,(H,18,19). The lowest BCUT2D eigenvalue weighted by Gasteiger charge is -2.18. The van der Waals surface area contributed by atoms with Gasteiger partial charge in [0.15, 0.2) is 11.5 Å². The van der Waals surface area contributed by atoms with Crippen LogP contribution in [0, 0.1) is 0 Å². The van der Waals surface area contributed by atoms with Gasteiger partial charge in [-0.1, -0.05) is 6.07 Å². The van der Waals surface area contributed by atoms with Crippen molar-refractivity contribution >= 4 is 18.0 Å². The maximum atomic E-state index is 11.9. The SMILES string of the molecule is CCN(CC(=O)O)C(=O)C=Cc1ccc2c(c1)OCCO2. The summed E-state index contributed by atoms with van der Waals surface area (Å²) in [6.45, 7) is 2.80. The number of carbonyl (C=O) groups is 2. The van der Waals surface area contributed by atoms with Crippen molar-refractivity contribution < 1.29 is 24.2 Å². The molecule has 0 aromatic heterocycles. The number of ether oxygens (including phenoxy) is 2. The number of rotatable bonds is 5. The van der Waals surface area contributed by atoms with Gasteiger partial charge >= 0.3 is 5.97 Å². The van der Waals surface area contributed by atoms with Crippen LogP contribution in [0.25, 0.3) is 6.08 Å². The summed E-state index contributed by atoms with van der Waals surface area (Å²) >= 11 is 0. The Morgan fingerprint density at radius 1 is 1.29 bits per heavy atom. The molecule has 0 saturated carbocycles. The summed E-state index contributed by atoms with van der Waals surface area (Å²) in [5, 5.41) is 8.73. The number of amides is 1. The first-order chi connectivity index (χ1) is 10.1. The molecule has 0 aliphatic carbocycles. The molecule has 1 aromatic carbocycles. The fourth-order valence-electron chi connectivity index (χ4n) is 1.95. The lowest BCUT2D eigenvalue weighted by molar-refractivity contribution is -0.142. The average molecular weight is 291 g/mol. The predicted molar refractivity (Wildman–Crippen MR) is 76.4 cm³/mol. The first-order valence-electron chi connectivity index (χ1n) is 6.68. The molecule has 1 heterocycles. The van der Waals surface area contributed by atoms with Gasteiger partial charge in [0, 0.05) is 12.6 Å². The Kier molecular flexibility index (Phi) is 4.81. The largest absolute Gasteiger partial charge is 0.486 e. The van der Waals surface area contributed by atoms with Crippen molar-refractivity contribution in [3.8, 4) is 11.5 Å². The molecule has 1 aliphatic rings. The second kappa shape index (κ2) is 6.78. The molecule has 1 N–H and O–H groups in total. The number of aliphatic carboxylic acids is 1. The van der Waals surface area contributed by atoms with Crippen LogP contribution in [0.1, 0.15) is 12.5 Å². The summed E-state index contributed by atoms with van der Waals surface area (Å²) < 4.78 is 10.9. The first-order valence-corrected chi connectivity index (χ1v) is 6.68. The summed E-state index contributed by atoms with van der Waals surface area (Å²) in [5.74, 6) is -0.0350. The zero-order chi connectivity index (χ0) is 15.2. The normalized spacial score (nSPS) is 13.2. The molecule has 6 heteroatoms. The van der Waals surface area contributed by atoms with Crippen LogP contribution in [0.3, 0.4) is 0 Å². The van der Waals surface area contributed by atoms with Crippen molar-refractivity contribution in [3.05, 3.63) is 29.8 Å². The van der Waals surface area contributed by atoms with Crippen LogP contribution in [-0.2, 0) is 9.59 Å². The number of carboxylic acid groups (broad SMARTS) is 1. The van der Waals surface area contributed by atoms with E-state index in [0.717, 1.165) is 5.56 Å². The highest BCUT2D eigenvalue weighted by molar-refractivity contribution is 5.93. The third kappa shape index (κ3) is 3.98. The highest BCUT2D eigenvalue weighted by Gasteiger charge is 2.13. The highest BCUT2D eigenvalue weighted by atomic mass is 16.6. The molecule has 1 amide bonds. The van der Waals surface area contributed by atoms with Gasteiger partial charge in [0.2, 0.25) is 5.91 Å². The Balaban J connectivity index is 2.06. The van der Waals surface area contributed by atoms with Gasteiger partial charge in [0.1, 0.15) is 19.8 Å². The molecular formula is C15H17NO5. The quantitative estimate of drug-likeness (QED) is 0.830. The summed E-state index contributed by atoms with van der Waals surface area (Å²) in [6.07, 6.45) is 2.99. The zero-order valence-electron chi connectivity index (χ0n) is 11.7. The molecule has 2 rings (SSSR count). The number of hydrogen-bond donors (Lipinski definition) is 1. The van der Waals surface area contributed by atoms with Crippen LogP contribution < -0.4 is 9.47 Å². The Hall–Kier alpha value is -2.50. The van der Waals surface area contributed by atoms with E-state index in [4.69, 9.17) is 14.6 Å².